The number of carbonyl (C=O) groups excluding carboxylic acids is 2. The number of anilines is 1. The maximum atomic E-state index is 14.6. The molecular weight excluding hydrogens is 443 g/mol. The van der Waals surface area contributed by atoms with Gasteiger partial charge in [0.1, 0.15) is 0 Å². The minimum atomic E-state index is -4.70. The number of hydrogen-bond donors (Lipinski definition) is 3. The number of benzene rings is 1. The third-order valence-electron chi connectivity index (χ3n) is 5.49. The van der Waals surface area contributed by atoms with Crippen LogP contribution in [0.15, 0.2) is 18.2 Å². The number of carbonyl (C=O) groups is 2. The second kappa shape index (κ2) is 5.87. The number of hydrogen-bond acceptors (Lipinski definition) is 4. The molecule has 2 amide bonds. The van der Waals surface area contributed by atoms with Crippen molar-refractivity contribution in [3.05, 3.63) is 29.3 Å². The summed E-state index contributed by atoms with van der Waals surface area (Å²) in [5, 5.41) is 8.56. The Morgan fingerprint density at radius 3 is 2.80 bits per heavy atom. The summed E-state index contributed by atoms with van der Waals surface area (Å²) in [6.45, 7) is 2.95. The van der Waals surface area contributed by atoms with Gasteiger partial charge in [-0.05, 0) is 0 Å². The van der Waals surface area contributed by atoms with E-state index in [4.69, 9.17) is 0 Å². The number of rotatable bonds is 3. The SMILES string of the molecule is Cc1cc([C@]23CCNC[C@H]2[I-]3(F)F)ccc1N[C@@H]1CCC(=O)NC1=O. The van der Waals surface area contributed by atoms with E-state index < -0.39 is 33.0 Å². The van der Waals surface area contributed by atoms with Crippen molar-refractivity contribution in [1.82, 2.24) is 10.6 Å². The summed E-state index contributed by atoms with van der Waals surface area (Å²) in [5.41, 5.74) is 2.38. The number of amides is 2. The fourth-order valence-corrected chi connectivity index (χ4v) is 11.4. The first-order chi connectivity index (χ1) is 11.9. The summed E-state index contributed by atoms with van der Waals surface area (Å²) in [7, 11) is 0. The van der Waals surface area contributed by atoms with Crippen LogP contribution in [0, 0.1) is 6.92 Å². The van der Waals surface area contributed by atoms with Crippen LogP contribution in [0.1, 0.15) is 30.4 Å². The molecule has 138 valence electrons. The Kier molecular flexibility index (Phi) is 4.02. The standard InChI is InChI=1S/C17H21F2IN3O2/c1-10-8-11(17-6-7-21-9-14(17)20(17,18)19)2-3-12(10)22-13-4-5-15(24)23-16(13)25/h2-3,8,13-14,21-22H,4-7,9H2,1H3,(H,23,24,25)/q-1/t13-,14-,17-/m1/s1. The fraction of sp³-hybridized carbons (Fsp3) is 0.529. The number of fused-ring (bicyclic) bond motifs is 1. The molecule has 1 aromatic carbocycles. The predicted molar refractivity (Wildman–Crippen MR) is 86.1 cm³/mol. The summed E-state index contributed by atoms with van der Waals surface area (Å²) in [6.07, 6.45) is 1.26. The first-order valence-electron chi connectivity index (χ1n) is 8.44. The van der Waals surface area contributed by atoms with Crippen molar-refractivity contribution in [3.63, 3.8) is 0 Å². The van der Waals surface area contributed by atoms with Gasteiger partial charge in [-0.25, -0.2) is 0 Å². The molecular formula is C17H21F2IN3O2-. The molecule has 3 heterocycles. The van der Waals surface area contributed by atoms with Gasteiger partial charge in [-0.15, -0.1) is 0 Å². The molecule has 1 aromatic rings. The van der Waals surface area contributed by atoms with E-state index in [2.05, 4.69) is 16.0 Å². The number of halogens is 3. The summed E-state index contributed by atoms with van der Waals surface area (Å²) >= 11 is -4.70. The first-order valence-corrected chi connectivity index (χ1v) is 12.4. The Labute approximate surface area is 150 Å². The Morgan fingerprint density at radius 1 is 1.32 bits per heavy atom. The molecule has 0 aromatic heterocycles. The summed E-state index contributed by atoms with van der Waals surface area (Å²) in [5.74, 6) is -0.589. The van der Waals surface area contributed by atoms with E-state index in [1.165, 1.54) is 0 Å². The van der Waals surface area contributed by atoms with Crippen LogP contribution in [0.25, 0.3) is 0 Å². The molecule has 0 aliphatic carbocycles. The quantitative estimate of drug-likeness (QED) is 0.296. The number of alkyl halides is 2. The molecule has 3 N–H and O–H groups in total. The second-order valence-corrected chi connectivity index (χ2v) is 13.0. The molecule has 3 aliphatic rings. The van der Waals surface area contributed by atoms with E-state index in [0.29, 0.717) is 32.4 Å². The average Bonchev–Trinajstić information content (AvgIpc) is 3.09. The van der Waals surface area contributed by atoms with Crippen molar-refractivity contribution in [3.8, 4) is 0 Å². The zero-order valence-electron chi connectivity index (χ0n) is 13.9. The molecule has 0 bridgehead atoms. The van der Waals surface area contributed by atoms with Crippen molar-refractivity contribution in [2.24, 2.45) is 0 Å². The van der Waals surface area contributed by atoms with Crippen LogP contribution < -0.4 is 35.5 Å². The number of aryl methyl sites for hydroxylation is 1. The van der Waals surface area contributed by atoms with E-state index in [0.717, 1.165) is 16.8 Å². The van der Waals surface area contributed by atoms with Crippen molar-refractivity contribution in [2.75, 3.05) is 18.4 Å². The van der Waals surface area contributed by atoms with Gasteiger partial charge in [0.2, 0.25) is 0 Å². The number of nitrogens with one attached hydrogen (secondary N) is 3. The third kappa shape index (κ3) is 2.56. The summed E-state index contributed by atoms with van der Waals surface area (Å²) < 4.78 is 27.8. The van der Waals surface area contributed by atoms with E-state index in [-0.39, 0.29) is 11.8 Å². The zero-order valence-corrected chi connectivity index (χ0v) is 16.0. The number of piperidine rings is 2. The minimum absolute atomic E-state index is 0.256. The van der Waals surface area contributed by atoms with Crippen LogP contribution in [0.3, 0.4) is 0 Å². The van der Waals surface area contributed by atoms with Gasteiger partial charge in [-0.3, -0.25) is 0 Å². The maximum absolute atomic E-state index is 14.6. The van der Waals surface area contributed by atoms with Crippen molar-refractivity contribution in [2.45, 2.75) is 39.6 Å². The van der Waals surface area contributed by atoms with Gasteiger partial charge in [0.15, 0.2) is 0 Å². The Balaban J connectivity index is 1.56. The molecule has 3 saturated heterocycles. The molecule has 0 unspecified atom stereocenters. The van der Waals surface area contributed by atoms with Gasteiger partial charge in [0.25, 0.3) is 0 Å². The Hall–Kier alpha value is -1.29. The normalized spacial score (nSPS) is 34.7. The Morgan fingerprint density at radius 2 is 2.12 bits per heavy atom. The fourth-order valence-electron chi connectivity index (χ4n) is 4.01. The first kappa shape index (κ1) is 17.1. The van der Waals surface area contributed by atoms with Gasteiger partial charge in [-0.2, -0.15) is 0 Å². The van der Waals surface area contributed by atoms with Gasteiger partial charge < -0.3 is 0 Å². The van der Waals surface area contributed by atoms with E-state index in [1.54, 1.807) is 12.1 Å². The summed E-state index contributed by atoms with van der Waals surface area (Å²) in [6, 6.07) is 4.99. The average molecular weight is 464 g/mol. The summed E-state index contributed by atoms with van der Waals surface area (Å²) in [4.78, 5) is 23.1. The van der Waals surface area contributed by atoms with Crippen LogP contribution in [0.5, 0.6) is 0 Å². The molecule has 3 atom stereocenters. The van der Waals surface area contributed by atoms with Crippen molar-refractivity contribution in [1.29, 1.82) is 0 Å². The Bertz CT molecular complexity index is 757. The second-order valence-electron chi connectivity index (χ2n) is 6.93. The third-order valence-corrected chi connectivity index (χ3v) is 12.7. The van der Waals surface area contributed by atoms with Crippen LogP contribution in [-0.4, -0.2) is 34.9 Å². The molecule has 0 saturated carbocycles. The molecule has 3 aliphatic heterocycles. The molecule has 0 spiro atoms. The van der Waals surface area contributed by atoms with Gasteiger partial charge in [-0.1, -0.05) is 0 Å². The molecule has 8 heteroatoms. The number of imide groups is 1. The van der Waals surface area contributed by atoms with E-state index in [1.807, 2.05) is 13.0 Å². The van der Waals surface area contributed by atoms with Gasteiger partial charge in [0.05, 0.1) is 0 Å². The molecule has 4 rings (SSSR count). The van der Waals surface area contributed by atoms with Gasteiger partial charge in [0, 0.05) is 0 Å². The van der Waals surface area contributed by atoms with E-state index >= 15 is 0 Å². The zero-order chi connectivity index (χ0) is 17.8. The van der Waals surface area contributed by atoms with Crippen LogP contribution in [0.4, 0.5) is 11.4 Å². The molecule has 0 radical (unpaired) electrons. The predicted octanol–water partition coefficient (Wildman–Crippen LogP) is -1.29. The monoisotopic (exact) mass is 464 g/mol. The molecule has 3 fully saturated rings. The van der Waals surface area contributed by atoms with Gasteiger partial charge >= 0.3 is 150 Å². The van der Waals surface area contributed by atoms with Crippen LogP contribution >= 0.6 is 0 Å². The molecule has 5 nitrogen and oxygen atoms in total. The van der Waals surface area contributed by atoms with Crippen LogP contribution in [0.2, 0.25) is 0 Å². The molecule has 25 heavy (non-hydrogen) atoms. The van der Waals surface area contributed by atoms with Crippen molar-refractivity contribution < 1.29 is 34.9 Å². The topological polar surface area (TPSA) is 70.2 Å². The van der Waals surface area contributed by atoms with Crippen molar-refractivity contribution >= 4 is 17.5 Å². The van der Waals surface area contributed by atoms with E-state index in [9.17, 15) is 15.3 Å². The van der Waals surface area contributed by atoms with Crippen LogP contribution in [-0.2, 0) is 13.0 Å².